The maximum absolute atomic E-state index is 14.2. The number of benzene rings is 2. The molecule has 0 aromatic heterocycles. The van der Waals surface area contributed by atoms with Crippen LogP contribution in [0.2, 0.25) is 0 Å². The second-order valence-electron chi connectivity index (χ2n) is 5.87. The van der Waals surface area contributed by atoms with Gasteiger partial charge in [0.25, 0.3) is 10.0 Å². The van der Waals surface area contributed by atoms with Crippen LogP contribution in [0.25, 0.3) is 0 Å². The summed E-state index contributed by atoms with van der Waals surface area (Å²) >= 11 is 0. The van der Waals surface area contributed by atoms with Crippen molar-refractivity contribution < 1.29 is 21.2 Å². The molecule has 0 aliphatic heterocycles. The van der Waals surface area contributed by atoms with Crippen molar-refractivity contribution in [3.8, 4) is 0 Å². The Labute approximate surface area is 147 Å². The number of para-hydroxylation sites is 1. The molecule has 0 bridgehead atoms. The van der Waals surface area contributed by atoms with E-state index in [1.165, 1.54) is 6.07 Å². The van der Waals surface area contributed by atoms with Crippen molar-refractivity contribution in [1.29, 1.82) is 0 Å². The first-order valence-electron chi connectivity index (χ1n) is 7.39. The standard InChI is InChI=1S/C16H19FN2O4S2/c1-11(2)13-6-4-5-7-15(13)19-25(22,23)16-9-8-12(10-14(16)17)18-24(3,20)21/h4-11,18-19H,1-3H3. The zero-order valence-electron chi connectivity index (χ0n) is 13.9. The maximum atomic E-state index is 14.2. The number of halogens is 1. The Morgan fingerprint density at radius 1 is 0.960 bits per heavy atom. The van der Waals surface area contributed by atoms with Crippen LogP contribution in [0.5, 0.6) is 0 Å². The first kappa shape index (κ1) is 19.2. The summed E-state index contributed by atoms with van der Waals surface area (Å²) in [6, 6.07) is 9.89. The number of nitrogens with one attached hydrogen (secondary N) is 2. The third-order valence-corrected chi connectivity index (χ3v) is 5.36. The first-order chi connectivity index (χ1) is 11.5. The van der Waals surface area contributed by atoms with Gasteiger partial charge in [-0.2, -0.15) is 0 Å². The molecule has 2 N–H and O–H groups in total. The first-order valence-corrected chi connectivity index (χ1v) is 10.8. The lowest BCUT2D eigenvalue weighted by Crippen LogP contribution is -2.16. The predicted molar refractivity (Wildman–Crippen MR) is 96.2 cm³/mol. The molecule has 2 rings (SSSR count). The van der Waals surface area contributed by atoms with Crippen LogP contribution >= 0.6 is 0 Å². The highest BCUT2D eigenvalue weighted by molar-refractivity contribution is 7.92. The van der Waals surface area contributed by atoms with Gasteiger partial charge in [0.2, 0.25) is 10.0 Å². The monoisotopic (exact) mass is 386 g/mol. The van der Waals surface area contributed by atoms with E-state index < -0.39 is 30.8 Å². The lowest BCUT2D eigenvalue weighted by atomic mass is 10.0. The molecular weight excluding hydrogens is 367 g/mol. The second-order valence-corrected chi connectivity index (χ2v) is 9.27. The average Bonchev–Trinajstić information content (AvgIpc) is 2.45. The Morgan fingerprint density at radius 2 is 1.60 bits per heavy atom. The highest BCUT2D eigenvalue weighted by atomic mass is 32.2. The van der Waals surface area contributed by atoms with Gasteiger partial charge in [-0.1, -0.05) is 32.0 Å². The smallest absolute Gasteiger partial charge is 0.264 e. The zero-order valence-corrected chi connectivity index (χ0v) is 15.6. The highest BCUT2D eigenvalue weighted by Gasteiger charge is 2.21. The van der Waals surface area contributed by atoms with E-state index in [9.17, 15) is 21.2 Å². The Kier molecular flexibility index (Phi) is 5.38. The molecule has 2 aromatic carbocycles. The van der Waals surface area contributed by atoms with Crippen LogP contribution in [0.4, 0.5) is 15.8 Å². The topological polar surface area (TPSA) is 92.3 Å². The lowest BCUT2D eigenvalue weighted by molar-refractivity contribution is 0.570. The van der Waals surface area contributed by atoms with Crippen LogP contribution < -0.4 is 9.44 Å². The summed E-state index contributed by atoms with van der Waals surface area (Å²) in [6.45, 7) is 3.83. The van der Waals surface area contributed by atoms with E-state index in [2.05, 4.69) is 9.44 Å². The van der Waals surface area contributed by atoms with Crippen molar-refractivity contribution in [2.75, 3.05) is 15.7 Å². The molecule has 0 saturated carbocycles. The second kappa shape index (κ2) is 7.01. The molecule has 0 radical (unpaired) electrons. The summed E-state index contributed by atoms with van der Waals surface area (Å²) in [7, 11) is -7.75. The van der Waals surface area contributed by atoms with Crippen LogP contribution in [0.1, 0.15) is 25.3 Å². The molecule has 6 nitrogen and oxygen atoms in total. The number of anilines is 2. The molecule has 9 heteroatoms. The van der Waals surface area contributed by atoms with Gasteiger partial charge in [0.1, 0.15) is 10.7 Å². The number of hydrogen-bond acceptors (Lipinski definition) is 4. The number of hydrogen-bond donors (Lipinski definition) is 2. The molecule has 136 valence electrons. The van der Waals surface area contributed by atoms with Crippen LogP contribution in [0.3, 0.4) is 0 Å². The molecule has 0 heterocycles. The third-order valence-electron chi connectivity index (χ3n) is 3.35. The molecule has 0 aliphatic rings. The van der Waals surface area contributed by atoms with E-state index in [1.807, 2.05) is 13.8 Å². The lowest BCUT2D eigenvalue weighted by Gasteiger charge is -2.15. The van der Waals surface area contributed by atoms with Gasteiger partial charge in [-0.05, 0) is 35.7 Å². The molecule has 0 aliphatic carbocycles. The van der Waals surface area contributed by atoms with Crippen LogP contribution in [0, 0.1) is 5.82 Å². The number of rotatable bonds is 6. The van der Waals surface area contributed by atoms with Crippen molar-refractivity contribution in [2.24, 2.45) is 0 Å². The quantitative estimate of drug-likeness (QED) is 0.798. The van der Waals surface area contributed by atoms with E-state index in [1.54, 1.807) is 24.3 Å². The fourth-order valence-electron chi connectivity index (χ4n) is 2.29. The van der Waals surface area contributed by atoms with Gasteiger partial charge in [0.05, 0.1) is 17.6 Å². The average molecular weight is 386 g/mol. The molecule has 0 saturated heterocycles. The normalized spacial score (nSPS) is 12.2. The summed E-state index contributed by atoms with van der Waals surface area (Å²) in [6.07, 6.45) is 0.917. The van der Waals surface area contributed by atoms with Crippen LogP contribution in [-0.4, -0.2) is 23.1 Å². The van der Waals surface area contributed by atoms with Gasteiger partial charge in [-0.3, -0.25) is 9.44 Å². The SMILES string of the molecule is CC(C)c1ccccc1NS(=O)(=O)c1ccc(NS(C)(=O)=O)cc1F. The summed E-state index contributed by atoms with van der Waals surface area (Å²) in [5.41, 5.74) is 1.10. The van der Waals surface area contributed by atoms with Gasteiger partial charge in [0, 0.05) is 0 Å². The van der Waals surface area contributed by atoms with Gasteiger partial charge in [0.15, 0.2) is 0 Å². The molecule has 0 spiro atoms. The Hall–Kier alpha value is -2.13. The number of sulfonamides is 2. The third kappa shape index (κ3) is 4.93. The van der Waals surface area contributed by atoms with Crippen LogP contribution in [0.15, 0.2) is 47.4 Å². The van der Waals surface area contributed by atoms with E-state index in [0.29, 0.717) is 5.69 Å². The van der Waals surface area contributed by atoms with E-state index >= 15 is 0 Å². The minimum Gasteiger partial charge on any atom is -0.284 e. The highest BCUT2D eigenvalue weighted by Crippen LogP contribution is 2.27. The fraction of sp³-hybridized carbons (Fsp3) is 0.250. The van der Waals surface area contributed by atoms with Crippen molar-refractivity contribution in [1.82, 2.24) is 0 Å². The summed E-state index contributed by atoms with van der Waals surface area (Å²) < 4.78 is 66.1. The molecule has 2 aromatic rings. The Morgan fingerprint density at radius 3 is 2.16 bits per heavy atom. The summed E-state index contributed by atoms with van der Waals surface area (Å²) in [4.78, 5) is -0.565. The summed E-state index contributed by atoms with van der Waals surface area (Å²) in [5, 5.41) is 0. The fourth-order valence-corrected chi connectivity index (χ4v) is 3.99. The van der Waals surface area contributed by atoms with E-state index in [0.717, 1.165) is 24.0 Å². The minimum absolute atomic E-state index is 0.0541. The molecule has 0 atom stereocenters. The molecule has 0 fully saturated rings. The Bertz CT molecular complexity index is 987. The van der Waals surface area contributed by atoms with Crippen molar-refractivity contribution in [3.63, 3.8) is 0 Å². The van der Waals surface area contributed by atoms with Crippen molar-refractivity contribution in [2.45, 2.75) is 24.7 Å². The predicted octanol–water partition coefficient (Wildman–Crippen LogP) is 3.12. The minimum atomic E-state index is -4.16. The summed E-state index contributed by atoms with van der Waals surface area (Å²) in [5.74, 6) is -0.978. The van der Waals surface area contributed by atoms with Gasteiger partial charge >= 0.3 is 0 Å². The van der Waals surface area contributed by atoms with Gasteiger partial charge < -0.3 is 0 Å². The van der Waals surface area contributed by atoms with E-state index in [-0.39, 0.29) is 11.6 Å². The molecule has 0 unspecified atom stereocenters. The zero-order chi connectivity index (χ0) is 18.8. The molecule has 0 amide bonds. The van der Waals surface area contributed by atoms with Crippen LogP contribution in [-0.2, 0) is 20.0 Å². The molecular formula is C16H19FN2O4S2. The van der Waals surface area contributed by atoms with E-state index in [4.69, 9.17) is 0 Å². The van der Waals surface area contributed by atoms with Gasteiger partial charge in [-0.25, -0.2) is 21.2 Å². The maximum Gasteiger partial charge on any atom is 0.264 e. The largest absolute Gasteiger partial charge is 0.284 e. The molecule has 25 heavy (non-hydrogen) atoms. The Balaban J connectivity index is 2.38. The van der Waals surface area contributed by atoms with Gasteiger partial charge in [-0.15, -0.1) is 0 Å². The van der Waals surface area contributed by atoms with Crippen molar-refractivity contribution >= 4 is 31.4 Å². The van der Waals surface area contributed by atoms with Crippen molar-refractivity contribution in [3.05, 3.63) is 53.8 Å².